The molecule has 1 amide bonds. The van der Waals surface area contributed by atoms with E-state index < -0.39 is 6.04 Å². The molecule has 0 spiro atoms. The van der Waals surface area contributed by atoms with Gasteiger partial charge in [0.2, 0.25) is 5.91 Å². The van der Waals surface area contributed by atoms with E-state index in [2.05, 4.69) is 34.9 Å². The lowest BCUT2D eigenvalue weighted by molar-refractivity contribution is -0.117. The van der Waals surface area contributed by atoms with Gasteiger partial charge in [0.25, 0.3) is 0 Å². The third-order valence-electron chi connectivity index (χ3n) is 3.67. The summed E-state index contributed by atoms with van der Waals surface area (Å²) in [7, 11) is 0. The van der Waals surface area contributed by atoms with Crippen LogP contribution in [-0.2, 0) is 11.2 Å². The Morgan fingerprint density at radius 2 is 1.67 bits per heavy atom. The van der Waals surface area contributed by atoms with Gasteiger partial charge >= 0.3 is 0 Å². The van der Waals surface area contributed by atoms with Gasteiger partial charge in [0.15, 0.2) is 0 Å². The molecule has 0 fully saturated rings. The topological polar surface area (TPSA) is 67.2 Å². The first-order chi connectivity index (χ1) is 11.2. The summed E-state index contributed by atoms with van der Waals surface area (Å²) in [6, 6.07) is 17.6. The molecule has 0 saturated carbocycles. The minimum atomic E-state index is -0.441. The quantitative estimate of drug-likeness (QED) is 0.679. The summed E-state index contributed by atoms with van der Waals surface area (Å²) in [5.74, 6) is -0.128. The highest BCUT2D eigenvalue weighted by Gasteiger charge is 2.11. The number of amides is 1. The third-order valence-corrected chi connectivity index (χ3v) is 3.67. The van der Waals surface area contributed by atoms with E-state index in [1.807, 2.05) is 37.3 Å². The van der Waals surface area contributed by atoms with Crippen molar-refractivity contribution in [3.05, 3.63) is 60.2 Å². The Kier molecular flexibility index (Phi) is 8.90. The van der Waals surface area contributed by atoms with E-state index in [0.717, 1.165) is 30.8 Å². The monoisotopic (exact) mass is 347 g/mol. The number of hydrogen-bond acceptors (Lipinski definition) is 3. The van der Waals surface area contributed by atoms with Crippen LogP contribution in [0.25, 0.3) is 0 Å². The fraction of sp³-hybridized carbons (Fsp3) is 0.316. The number of halogens is 1. The van der Waals surface area contributed by atoms with Gasteiger partial charge in [-0.05, 0) is 42.7 Å². The second kappa shape index (κ2) is 10.7. The predicted octanol–water partition coefficient (Wildman–Crippen LogP) is 3.83. The lowest BCUT2D eigenvalue weighted by atomic mass is 10.1. The van der Waals surface area contributed by atoms with E-state index in [9.17, 15) is 4.79 Å². The van der Waals surface area contributed by atoms with Crippen molar-refractivity contribution in [2.75, 3.05) is 17.2 Å². The molecule has 0 radical (unpaired) electrons. The van der Waals surface area contributed by atoms with Crippen molar-refractivity contribution in [3.8, 4) is 0 Å². The summed E-state index contributed by atoms with van der Waals surface area (Å²) in [4.78, 5) is 11.9. The van der Waals surface area contributed by atoms with Crippen molar-refractivity contribution in [2.24, 2.45) is 5.73 Å². The first-order valence-electron chi connectivity index (χ1n) is 8.13. The van der Waals surface area contributed by atoms with Crippen LogP contribution in [0.15, 0.2) is 54.6 Å². The zero-order chi connectivity index (χ0) is 16.5. The fourth-order valence-corrected chi connectivity index (χ4v) is 2.34. The van der Waals surface area contributed by atoms with E-state index in [-0.39, 0.29) is 18.3 Å². The summed E-state index contributed by atoms with van der Waals surface area (Å²) in [5.41, 5.74) is 8.93. The molecule has 0 aliphatic rings. The van der Waals surface area contributed by atoms with Crippen molar-refractivity contribution >= 4 is 29.7 Å². The molecular formula is C19H26ClN3O. The highest BCUT2D eigenvalue weighted by atomic mass is 35.5. The van der Waals surface area contributed by atoms with E-state index in [0.29, 0.717) is 6.42 Å². The molecular weight excluding hydrogens is 322 g/mol. The Balaban J connectivity index is 0.00000288. The zero-order valence-electron chi connectivity index (χ0n) is 14.0. The standard InChI is InChI=1S/C19H25N3O.ClH/c1-2-6-18(20)19(23)22-17-11-9-16(10-12-17)21-14-13-15-7-4-3-5-8-15;/h3-5,7-12,18,21H,2,6,13-14,20H2,1H3,(H,22,23);1H. The number of nitrogens with one attached hydrogen (secondary N) is 2. The molecule has 4 nitrogen and oxygen atoms in total. The second-order valence-electron chi connectivity index (χ2n) is 5.62. The normalized spacial score (nSPS) is 11.2. The summed E-state index contributed by atoms with van der Waals surface area (Å²) in [6.45, 7) is 2.89. The van der Waals surface area contributed by atoms with Crippen LogP contribution in [0.2, 0.25) is 0 Å². The van der Waals surface area contributed by atoms with Crippen molar-refractivity contribution < 1.29 is 4.79 Å². The largest absolute Gasteiger partial charge is 0.385 e. The number of anilines is 2. The van der Waals surface area contributed by atoms with Gasteiger partial charge in [0.1, 0.15) is 0 Å². The highest BCUT2D eigenvalue weighted by molar-refractivity contribution is 5.94. The Morgan fingerprint density at radius 1 is 1.04 bits per heavy atom. The van der Waals surface area contributed by atoms with Crippen molar-refractivity contribution in [3.63, 3.8) is 0 Å². The fourth-order valence-electron chi connectivity index (χ4n) is 2.34. The van der Waals surface area contributed by atoms with Crippen LogP contribution < -0.4 is 16.4 Å². The maximum atomic E-state index is 11.9. The minimum Gasteiger partial charge on any atom is -0.385 e. The number of carbonyl (C=O) groups is 1. The summed E-state index contributed by atoms with van der Waals surface area (Å²) >= 11 is 0. The van der Waals surface area contributed by atoms with Crippen LogP contribution in [0.1, 0.15) is 25.3 Å². The van der Waals surface area contributed by atoms with E-state index >= 15 is 0 Å². The van der Waals surface area contributed by atoms with Crippen molar-refractivity contribution in [1.82, 2.24) is 0 Å². The van der Waals surface area contributed by atoms with Gasteiger partial charge < -0.3 is 16.4 Å². The molecule has 0 heterocycles. The number of benzene rings is 2. The molecule has 0 aromatic heterocycles. The maximum absolute atomic E-state index is 11.9. The third kappa shape index (κ3) is 6.60. The van der Waals surface area contributed by atoms with Crippen molar-refractivity contribution in [2.45, 2.75) is 32.2 Å². The molecule has 2 aromatic rings. The Morgan fingerprint density at radius 3 is 2.29 bits per heavy atom. The molecule has 2 aromatic carbocycles. The van der Waals surface area contributed by atoms with Gasteiger partial charge in [-0.3, -0.25) is 4.79 Å². The average molecular weight is 348 g/mol. The van der Waals surface area contributed by atoms with Gasteiger partial charge in [0, 0.05) is 17.9 Å². The zero-order valence-corrected chi connectivity index (χ0v) is 14.8. The Labute approximate surface area is 150 Å². The SMILES string of the molecule is CCCC(N)C(=O)Nc1ccc(NCCc2ccccc2)cc1.Cl. The van der Waals surface area contributed by atoms with Crippen LogP contribution in [0.4, 0.5) is 11.4 Å². The number of nitrogens with two attached hydrogens (primary N) is 1. The summed E-state index contributed by atoms with van der Waals surface area (Å²) in [6.07, 6.45) is 2.58. The lowest BCUT2D eigenvalue weighted by Gasteiger charge is -2.12. The first kappa shape index (κ1) is 20.0. The number of hydrogen-bond donors (Lipinski definition) is 3. The smallest absolute Gasteiger partial charge is 0.241 e. The first-order valence-corrected chi connectivity index (χ1v) is 8.13. The van der Waals surface area contributed by atoms with Crippen molar-refractivity contribution in [1.29, 1.82) is 0 Å². The molecule has 2 rings (SSSR count). The van der Waals surface area contributed by atoms with Gasteiger partial charge in [-0.1, -0.05) is 43.7 Å². The minimum absolute atomic E-state index is 0. The summed E-state index contributed by atoms with van der Waals surface area (Å²) < 4.78 is 0. The molecule has 1 atom stereocenters. The molecule has 5 heteroatoms. The molecule has 4 N–H and O–H groups in total. The molecule has 24 heavy (non-hydrogen) atoms. The molecule has 0 aliphatic heterocycles. The molecule has 130 valence electrons. The van der Waals surface area contributed by atoms with Gasteiger partial charge in [-0.15, -0.1) is 12.4 Å². The van der Waals surface area contributed by atoms with E-state index in [4.69, 9.17) is 5.73 Å². The number of rotatable bonds is 8. The van der Waals surface area contributed by atoms with Gasteiger partial charge in [0.05, 0.1) is 6.04 Å². The molecule has 0 aliphatic carbocycles. The van der Waals surface area contributed by atoms with E-state index in [1.165, 1.54) is 5.56 Å². The van der Waals surface area contributed by atoms with Crippen LogP contribution >= 0.6 is 12.4 Å². The van der Waals surface area contributed by atoms with Crippen LogP contribution in [-0.4, -0.2) is 18.5 Å². The number of carbonyl (C=O) groups excluding carboxylic acids is 1. The molecule has 0 saturated heterocycles. The van der Waals surface area contributed by atoms with Crippen LogP contribution in [0.3, 0.4) is 0 Å². The second-order valence-corrected chi connectivity index (χ2v) is 5.62. The Hall–Kier alpha value is -2.04. The van der Waals surface area contributed by atoms with Crippen LogP contribution in [0.5, 0.6) is 0 Å². The van der Waals surface area contributed by atoms with E-state index in [1.54, 1.807) is 0 Å². The average Bonchev–Trinajstić information content (AvgIpc) is 2.57. The Bertz CT molecular complexity index is 602. The lowest BCUT2D eigenvalue weighted by Crippen LogP contribution is -2.35. The van der Waals surface area contributed by atoms with Crippen LogP contribution in [0, 0.1) is 0 Å². The van der Waals surface area contributed by atoms with Gasteiger partial charge in [-0.2, -0.15) is 0 Å². The highest BCUT2D eigenvalue weighted by Crippen LogP contribution is 2.14. The predicted molar refractivity (Wildman–Crippen MR) is 104 cm³/mol. The summed E-state index contributed by atoms with van der Waals surface area (Å²) in [5, 5.41) is 6.22. The van der Waals surface area contributed by atoms with Gasteiger partial charge in [-0.25, -0.2) is 0 Å². The maximum Gasteiger partial charge on any atom is 0.241 e. The molecule has 0 bridgehead atoms. The molecule has 1 unspecified atom stereocenters.